The maximum Gasteiger partial charge on any atom is 0.408 e. The van der Waals surface area contributed by atoms with Crippen molar-refractivity contribution in [3.8, 4) is 11.5 Å². The summed E-state index contributed by atoms with van der Waals surface area (Å²) in [6.45, 7) is 29.5. The average molecular weight is 984 g/mol. The third kappa shape index (κ3) is 9.05. The number of carbonyl (C=O) groups is 5. The Bertz CT molecular complexity index is 2240. The van der Waals surface area contributed by atoms with Gasteiger partial charge in [-0.2, -0.15) is 0 Å². The summed E-state index contributed by atoms with van der Waals surface area (Å²) < 4.78 is 56.3. The highest BCUT2D eigenvalue weighted by molar-refractivity contribution is 6.77. The highest BCUT2D eigenvalue weighted by atomic mass is 28.4. The molecule has 3 aliphatic carbocycles. The summed E-state index contributed by atoms with van der Waals surface area (Å²) >= 11 is 0. The van der Waals surface area contributed by atoms with Crippen LogP contribution in [0.2, 0.25) is 16.6 Å². The third-order valence-electron chi connectivity index (χ3n) is 15.9. The van der Waals surface area contributed by atoms with Gasteiger partial charge in [0.05, 0.1) is 44.8 Å². The quantitative estimate of drug-likeness (QED) is 0.0735. The Kier molecular flexibility index (Phi) is 14.9. The predicted octanol–water partition coefficient (Wildman–Crippen LogP) is 8.32. The fraction of sp³-hybridized carbons (Fsp3) is 0.712. The van der Waals surface area contributed by atoms with Gasteiger partial charge in [0.15, 0.2) is 17.5 Å². The molecule has 384 valence electrons. The molecule has 1 unspecified atom stereocenters. The van der Waals surface area contributed by atoms with Crippen LogP contribution in [0, 0.1) is 22.7 Å². The van der Waals surface area contributed by atoms with Crippen molar-refractivity contribution in [2.24, 2.45) is 22.7 Å². The lowest BCUT2D eigenvalue weighted by Gasteiger charge is -2.73. The first-order valence-corrected chi connectivity index (χ1v) is 26.4. The van der Waals surface area contributed by atoms with Crippen LogP contribution in [0.5, 0.6) is 11.5 Å². The van der Waals surface area contributed by atoms with E-state index in [-0.39, 0.29) is 52.5 Å². The van der Waals surface area contributed by atoms with E-state index in [9.17, 15) is 19.5 Å². The molecule has 2 saturated heterocycles. The Morgan fingerprint density at radius 2 is 1.57 bits per heavy atom. The lowest BCUT2D eigenvalue weighted by Crippen LogP contribution is -2.86. The van der Waals surface area contributed by atoms with E-state index in [0.717, 1.165) is 5.57 Å². The third-order valence-corrected chi connectivity index (χ3v) is 22.0. The number of fused-ring (bicyclic) bond motifs is 4. The molecule has 0 radical (unpaired) electrons. The lowest BCUT2D eigenvalue weighted by molar-refractivity contribution is -0.402. The number of methoxy groups -OCH3 is 2. The van der Waals surface area contributed by atoms with Crippen LogP contribution in [-0.4, -0.2) is 117 Å². The molecule has 4 fully saturated rings. The number of ketones is 1. The molecule has 5 aliphatic rings. The SMILES string of the molecule is COc1ccc(OC)c(C(=O)O[C@H]2[C@@H]3[C@]4(OC(C)=O)CO[C@@H]4C[C@H]4O[C@@H](C(=O)C5C(C)=C(OC(=O)[C@H](O[Si](C(C)C)(C(C)C)C(C)C)[C@H](C=C(C)C)NC(=O)OC(C)(C)C)C[C@]2(O)C5(C)C)[C@@]34C)c1. The number of alkyl carbamates (subject to hydrolysis) is 1. The van der Waals surface area contributed by atoms with Crippen molar-refractivity contribution in [2.45, 2.75) is 194 Å². The number of benzene rings is 1. The van der Waals surface area contributed by atoms with Gasteiger partial charge in [0.25, 0.3) is 0 Å². The second kappa shape index (κ2) is 19.0. The van der Waals surface area contributed by atoms with Crippen molar-refractivity contribution >= 4 is 38.1 Å². The molecule has 11 atom stereocenters. The minimum absolute atomic E-state index is 0.00155. The second-order valence-electron chi connectivity index (χ2n) is 22.8. The van der Waals surface area contributed by atoms with Crippen molar-refractivity contribution in [3.63, 3.8) is 0 Å². The van der Waals surface area contributed by atoms with Crippen molar-refractivity contribution in [1.29, 1.82) is 0 Å². The summed E-state index contributed by atoms with van der Waals surface area (Å²) in [6.07, 6.45) is -4.70. The molecule has 2 N–H and O–H groups in total. The van der Waals surface area contributed by atoms with Crippen LogP contribution in [-0.2, 0) is 47.2 Å². The van der Waals surface area contributed by atoms with Gasteiger partial charge >= 0.3 is 24.0 Å². The maximum absolute atomic E-state index is 15.5. The first-order chi connectivity index (χ1) is 31.9. The zero-order valence-corrected chi connectivity index (χ0v) is 44.9. The minimum Gasteiger partial charge on any atom is -0.497 e. The number of carbonyl (C=O) groups excluding carboxylic acids is 5. The average Bonchev–Trinajstić information content (AvgIpc) is 3.21. The molecule has 2 saturated carbocycles. The maximum atomic E-state index is 15.5. The van der Waals surface area contributed by atoms with Crippen LogP contribution < -0.4 is 14.8 Å². The Labute approximate surface area is 408 Å². The number of esters is 3. The van der Waals surface area contributed by atoms with Crippen molar-refractivity contribution < 1.29 is 71.4 Å². The highest BCUT2D eigenvalue weighted by Crippen LogP contribution is 2.69. The summed E-state index contributed by atoms with van der Waals surface area (Å²) in [5.74, 6) is -4.59. The molecule has 69 heavy (non-hydrogen) atoms. The van der Waals surface area contributed by atoms with Gasteiger partial charge in [-0.1, -0.05) is 74.0 Å². The number of amides is 1. The van der Waals surface area contributed by atoms with Gasteiger partial charge in [-0.05, 0) is 81.9 Å². The van der Waals surface area contributed by atoms with Gasteiger partial charge in [-0.3, -0.25) is 9.59 Å². The van der Waals surface area contributed by atoms with Crippen LogP contribution in [0.3, 0.4) is 0 Å². The fourth-order valence-corrected chi connectivity index (χ4v) is 18.3. The molecule has 1 amide bonds. The second-order valence-corrected chi connectivity index (χ2v) is 28.2. The first-order valence-electron chi connectivity index (χ1n) is 24.3. The lowest BCUT2D eigenvalue weighted by atomic mass is 9.42. The number of nitrogens with one attached hydrogen (secondary N) is 1. The number of rotatable bonds is 15. The highest BCUT2D eigenvalue weighted by Gasteiger charge is 2.82. The molecule has 2 heterocycles. The molecule has 2 aliphatic heterocycles. The standard InChI is InChI=1S/C52H77NO15Si/c1-26(2)21-34(53-47(58)67-48(11,12)13)41(68-69(27(3)4,28(5)6)29(7)8)46(57)63-36-24-52(59)44(65-45(56)33-22-32(60-17)19-20-35(33)61-18)42-50(16)37(23-38-51(42,25-62-38)66-31(10)54)64-43(50)40(55)39(30(36)9)49(52,14)15/h19-22,27-29,34,37-39,41-44,59H,23-25H2,1-18H3,(H,53,58)/t34-,37+,38+,39?,41+,42-,43-,44-,50+,51-,52+/m0/s1. The predicted molar refractivity (Wildman–Crippen MR) is 257 cm³/mol. The number of allylic oxidation sites excluding steroid dienone is 2. The van der Waals surface area contributed by atoms with E-state index in [1.54, 1.807) is 59.8 Å². The summed E-state index contributed by atoms with van der Waals surface area (Å²) in [4.78, 5) is 72.7. The molecule has 0 spiro atoms. The Morgan fingerprint density at radius 3 is 2.07 bits per heavy atom. The number of ether oxygens (including phenoxy) is 8. The molecule has 1 aromatic carbocycles. The van der Waals surface area contributed by atoms with Crippen LogP contribution in [0.4, 0.5) is 4.79 Å². The van der Waals surface area contributed by atoms with Gasteiger partial charge in [-0.25, -0.2) is 14.4 Å². The van der Waals surface area contributed by atoms with Crippen LogP contribution in [0.1, 0.15) is 134 Å². The van der Waals surface area contributed by atoms with Crippen molar-refractivity contribution in [1.82, 2.24) is 5.32 Å². The molecular weight excluding hydrogens is 907 g/mol. The Morgan fingerprint density at radius 1 is 0.942 bits per heavy atom. The number of hydrogen-bond donors (Lipinski definition) is 2. The van der Waals surface area contributed by atoms with E-state index in [1.165, 1.54) is 27.2 Å². The van der Waals surface area contributed by atoms with Gasteiger partial charge < -0.3 is 52.7 Å². The van der Waals surface area contributed by atoms with Gasteiger partial charge in [0, 0.05) is 30.6 Å². The zero-order chi connectivity index (χ0) is 51.7. The molecule has 16 nitrogen and oxygen atoms in total. The largest absolute Gasteiger partial charge is 0.497 e. The normalized spacial score (nSPS) is 31.1. The van der Waals surface area contributed by atoms with E-state index >= 15 is 9.59 Å². The van der Waals surface area contributed by atoms with E-state index in [4.69, 9.17) is 42.3 Å². The summed E-state index contributed by atoms with van der Waals surface area (Å²) in [6, 6.07) is 3.56. The monoisotopic (exact) mass is 984 g/mol. The summed E-state index contributed by atoms with van der Waals surface area (Å²) in [5.41, 5.74) is -6.07. The smallest absolute Gasteiger partial charge is 0.408 e. The van der Waals surface area contributed by atoms with E-state index in [1.807, 2.05) is 20.8 Å². The number of aliphatic hydroxyl groups is 1. The fourth-order valence-electron chi connectivity index (χ4n) is 12.8. The molecule has 17 heteroatoms. The van der Waals surface area contributed by atoms with Crippen LogP contribution >= 0.6 is 0 Å². The zero-order valence-electron chi connectivity index (χ0n) is 43.9. The number of hydrogen-bond acceptors (Lipinski definition) is 15. The van der Waals surface area contributed by atoms with Crippen molar-refractivity contribution in [2.75, 3.05) is 20.8 Å². The number of Topliss-reactive ketones (excluding diaryl/α,β-unsaturated/α-hetero) is 1. The van der Waals surface area contributed by atoms with E-state index < -0.39 is 115 Å². The van der Waals surface area contributed by atoms with E-state index in [0.29, 0.717) is 11.3 Å². The van der Waals surface area contributed by atoms with Gasteiger partial charge in [0.1, 0.15) is 52.3 Å². The summed E-state index contributed by atoms with van der Waals surface area (Å²) in [5, 5.41) is 16.9. The Hall–Kier alpha value is -4.29. The molecular formula is C52H77NO15Si. The summed E-state index contributed by atoms with van der Waals surface area (Å²) in [7, 11) is -0.101. The molecule has 1 aromatic rings. The Balaban J connectivity index is 1.57. The molecule has 0 aromatic heterocycles. The minimum atomic E-state index is -2.96. The molecule has 2 bridgehead atoms. The topological polar surface area (TPSA) is 201 Å². The van der Waals surface area contributed by atoms with E-state index in [2.05, 4.69) is 46.9 Å². The van der Waals surface area contributed by atoms with Gasteiger partial charge in [-0.15, -0.1) is 0 Å². The first kappa shape index (κ1) is 54.0. The van der Waals surface area contributed by atoms with Crippen molar-refractivity contribution in [3.05, 3.63) is 46.7 Å². The molecule has 6 rings (SSSR count). The van der Waals surface area contributed by atoms with Crippen LogP contribution in [0.15, 0.2) is 41.2 Å². The van der Waals surface area contributed by atoms with Crippen LogP contribution in [0.25, 0.3) is 0 Å². The van der Waals surface area contributed by atoms with Gasteiger partial charge in [0.2, 0.25) is 8.32 Å².